The number of phenolic OH excluding ortho intramolecular Hbond substituents is 1. The molecule has 0 unspecified atom stereocenters. The van der Waals surface area contributed by atoms with E-state index in [4.69, 9.17) is 0 Å². The van der Waals surface area contributed by atoms with Crippen LogP contribution in [0.1, 0.15) is 5.56 Å². The van der Waals surface area contributed by atoms with E-state index in [-0.39, 0.29) is 17.2 Å². The number of hydrogen-bond donors (Lipinski definition) is 2. The minimum Gasteiger partial charge on any atom is -0.504 e. The van der Waals surface area contributed by atoms with E-state index in [2.05, 4.69) is 4.99 Å². The van der Waals surface area contributed by atoms with Crippen LogP contribution in [0.25, 0.3) is 0 Å². The smallest absolute Gasteiger partial charge is 0.321 e. The van der Waals surface area contributed by atoms with Gasteiger partial charge in [0, 0.05) is 11.5 Å². The van der Waals surface area contributed by atoms with Gasteiger partial charge in [0.25, 0.3) is 0 Å². The van der Waals surface area contributed by atoms with Crippen molar-refractivity contribution in [3.8, 4) is 5.75 Å². The van der Waals surface area contributed by atoms with E-state index in [1.165, 1.54) is 23.9 Å². The number of aliphatic imine (C=N–C) groups is 1. The number of nitrogens with zero attached hydrogens (tertiary/aromatic N) is 2. The van der Waals surface area contributed by atoms with Gasteiger partial charge in [0.15, 0.2) is 11.6 Å². The van der Waals surface area contributed by atoms with Crippen LogP contribution in [-0.2, 0) is 4.79 Å². The van der Waals surface area contributed by atoms with Gasteiger partial charge in [-0.25, -0.2) is 4.39 Å². The van der Waals surface area contributed by atoms with Crippen molar-refractivity contribution in [1.82, 2.24) is 4.90 Å². The van der Waals surface area contributed by atoms with Gasteiger partial charge in [0.1, 0.15) is 11.1 Å². The zero-order valence-corrected chi connectivity index (χ0v) is 13.4. The molecule has 0 amide bonds. The molecule has 2 heterocycles. The summed E-state index contributed by atoms with van der Waals surface area (Å²) < 4.78 is 13.4. The number of carboxylic acid groups (broad SMARTS) is 1. The summed E-state index contributed by atoms with van der Waals surface area (Å²) in [5, 5.41) is 19.6. The summed E-state index contributed by atoms with van der Waals surface area (Å²) in [6.45, 7) is 0. The molecule has 1 aromatic carbocycles. The second kappa shape index (κ2) is 6.10. The molecule has 0 aliphatic carbocycles. The topological polar surface area (TPSA) is 73.1 Å². The van der Waals surface area contributed by atoms with Crippen LogP contribution in [-0.4, -0.2) is 62.1 Å². The Morgan fingerprint density at radius 2 is 2.23 bits per heavy atom. The molecule has 118 valence electrons. The summed E-state index contributed by atoms with van der Waals surface area (Å²) in [7, 11) is 1.79. The van der Waals surface area contributed by atoms with E-state index in [0.29, 0.717) is 22.1 Å². The third-order valence-corrected chi connectivity index (χ3v) is 6.43. The van der Waals surface area contributed by atoms with E-state index < -0.39 is 17.8 Å². The maximum absolute atomic E-state index is 13.4. The molecule has 1 saturated heterocycles. The van der Waals surface area contributed by atoms with Crippen LogP contribution < -0.4 is 0 Å². The van der Waals surface area contributed by atoms with Gasteiger partial charge in [0.05, 0.1) is 17.0 Å². The van der Waals surface area contributed by atoms with Crippen LogP contribution in [0.15, 0.2) is 23.2 Å². The normalized spacial score (nSPS) is 28.8. The highest BCUT2D eigenvalue weighted by Gasteiger charge is 2.41. The molecule has 2 aliphatic rings. The quantitative estimate of drug-likeness (QED) is 0.873. The Labute approximate surface area is 135 Å². The largest absolute Gasteiger partial charge is 0.504 e. The van der Waals surface area contributed by atoms with Gasteiger partial charge in [0.2, 0.25) is 0 Å². The average molecular weight is 342 g/mol. The van der Waals surface area contributed by atoms with E-state index in [9.17, 15) is 19.4 Å². The number of thioether (sulfide) groups is 2. The molecule has 3 atom stereocenters. The molecule has 0 spiro atoms. The van der Waals surface area contributed by atoms with Gasteiger partial charge in [-0.05, 0) is 19.2 Å². The summed E-state index contributed by atoms with van der Waals surface area (Å²) in [5.74, 6) is -0.643. The fraction of sp³-hybridized carbons (Fsp3) is 0.429. The van der Waals surface area contributed by atoms with Crippen LogP contribution in [0.3, 0.4) is 0 Å². The van der Waals surface area contributed by atoms with Crippen molar-refractivity contribution in [2.24, 2.45) is 4.99 Å². The molecular formula is C14H15FN2O3S2. The molecule has 1 aromatic rings. The lowest BCUT2D eigenvalue weighted by molar-refractivity contribution is -0.141. The monoisotopic (exact) mass is 342 g/mol. The number of aliphatic carboxylic acids is 1. The van der Waals surface area contributed by atoms with E-state index >= 15 is 0 Å². The van der Waals surface area contributed by atoms with Gasteiger partial charge in [-0.2, -0.15) is 0 Å². The lowest BCUT2D eigenvalue weighted by Gasteiger charge is -2.24. The van der Waals surface area contributed by atoms with Crippen LogP contribution in [0.5, 0.6) is 5.75 Å². The van der Waals surface area contributed by atoms with Crippen LogP contribution in [0.4, 0.5) is 4.39 Å². The molecule has 8 heteroatoms. The number of benzene rings is 1. The van der Waals surface area contributed by atoms with E-state index in [0.717, 1.165) is 0 Å². The van der Waals surface area contributed by atoms with Crippen molar-refractivity contribution in [3.05, 3.63) is 29.6 Å². The molecule has 2 N–H and O–H groups in total. The van der Waals surface area contributed by atoms with Crippen molar-refractivity contribution >= 4 is 34.5 Å². The fourth-order valence-electron chi connectivity index (χ4n) is 2.60. The highest BCUT2D eigenvalue weighted by atomic mass is 32.2. The number of carbonyl (C=O) groups is 1. The summed E-state index contributed by atoms with van der Waals surface area (Å²) in [6, 6.07) is 3.81. The lowest BCUT2D eigenvalue weighted by Crippen LogP contribution is -2.42. The van der Waals surface area contributed by atoms with Crippen LogP contribution in [0, 0.1) is 5.82 Å². The minimum atomic E-state index is -0.824. The standard InChI is InChI=1S/C14H15FN2O3S2/c1-17-10(14(19)20)6-22-13(17)9-5-21-12(16-9)7-3-2-4-8(15)11(7)18/h2-4,9-10,13,18H,5-6H2,1H3,(H,19,20)/t9-,10+,13+/m0/s1. The Kier molecular flexibility index (Phi) is 4.33. The molecular weight excluding hydrogens is 327 g/mol. The van der Waals surface area contributed by atoms with Gasteiger partial charge in [-0.15, -0.1) is 23.5 Å². The second-order valence-corrected chi connectivity index (χ2v) is 7.35. The summed E-state index contributed by atoms with van der Waals surface area (Å²) >= 11 is 3.04. The van der Waals surface area contributed by atoms with Crippen molar-refractivity contribution in [2.45, 2.75) is 17.5 Å². The van der Waals surface area contributed by atoms with Gasteiger partial charge < -0.3 is 10.2 Å². The maximum atomic E-state index is 13.4. The van der Waals surface area contributed by atoms with Gasteiger partial charge >= 0.3 is 5.97 Å². The molecule has 3 rings (SSSR count). The minimum absolute atomic E-state index is 0.0122. The first-order valence-electron chi connectivity index (χ1n) is 6.74. The van der Waals surface area contributed by atoms with Gasteiger partial charge in [-0.1, -0.05) is 6.07 Å². The maximum Gasteiger partial charge on any atom is 0.321 e. The first-order chi connectivity index (χ1) is 10.5. The molecule has 0 radical (unpaired) electrons. The number of phenols is 1. The molecule has 0 bridgehead atoms. The first-order valence-corrected chi connectivity index (χ1v) is 8.77. The Bertz CT molecular complexity index is 641. The number of halogens is 1. The Morgan fingerprint density at radius 1 is 1.45 bits per heavy atom. The number of rotatable bonds is 3. The highest BCUT2D eigenvalue weighted by Crippen LogP contribution is 2.37. The van der Waals surface area contributed by atoms with E-state index in [1.54, 1.807) is 24.9 Å². The van der Waals surface area contributed by atoms with Crippen molar-refractivity contribution in [3.63, 3.8) is 0 Å². The number of carboxylic acids is 1. The Morgan fingerprint density at radius 3 is 2.91 bits per heavy atom. The number of likely N-dealkylation sites (N-methyl/N-ethyl adjacent to an activating group) is 1. The van der Waals surface area contributed by atoms with Crippen molar-refractivity contribution in [2.75, 3.05) is 18.6 Å². The van der Waals surface area contributed by atoms with Crippen molar-refractivity contribution in [1.29, 1.82) is 0 Å². The van der Waals surface area contributed by atoms with Crippen LogP contribution >= 0.6 is 23.5 Å². The summed E-state index contributed by atoms with van der Waals surface area (Å²) in [6.07, 6.45) is 0. The molecule has 1 fully saturated rings. The van der Waals surface area contributed by atoms with Crippen molar-refractivity contribution < 1.29 is 19.4 Å². The second-order valence-electron chi connectivity index (χ2n) is 5.19. The fourth-order valence-corrected chi connectivity index (χ4v) is 5.36. The predicted molar refractivity (Wildman–Crippen MR) is 86.3 cm³/mol. The Balaban J connectivity index is 1.80. The third kappa shape index (κ3) is 2.70. The first kappa shape index (κ1) is 15.6. The zero-order chi connectivity index (χ0) is 15.9. The van der Waals surface area contributed by atoms with Crippen LogP contribution in [0.2, 0.25) is 0 Å². The number of para-hydroxylation sites is 1. The molecule has 22 heavy (non-hydrogen) atoms. The zero-order valence-electron chi connectivity index (χ0n) is 11.8. The van der Waals surface area contributed by atoms with E-state index in [1.807, 2.05) is 4.90 Å². The average Bonchev–Trinajstić information content (AvgIpc) is 3.08. The Hall–Kier alpha value is -1.25. The molecule has 5 nitrogen and oxygen atoms in total. The molecule has 0 aromatic heterocycles. The van der Waals surface area contributed by atoms with Gasteiger partial charge in [-0.3, -0.25) is 14.7 Å². The number of hydrogen-bond acceptors (Lipinski definition) is 6. The highest BCUT2D eigenvalue weighted by molar-refractivity contribution is 8.14. The number of aromatic hydroxyl groups is 1. The summed E-state index contributed by atoms with van der Waals surface area (Å²) in [5.41, 5.74) is 0.396. The summed E-state index contributed by atoms with van der Waals surface area (Å²) in [4.78, 5) is 17.6. The molecule has 2 aliphatic heterocycles. The third-order valence-electron chi connectivity index (χ3n) is 3.82. The predicted octanol–water partition coefficient (Wildman–Crippen LogP) is 1.85. The molecule has 0 saturated carbocycles. The lowest BCUT2D eigenvalue weighted by atomic mass is 10.2. The SMILES string of the molecule is CN1[C@@H](C(=O)O)CS[C@@H]1[C@@H]1CSC(c2cccc(F)c2O)=N1.